The molecule has 0 unspecified atom stereocenters. The molecule has 0 bridgehead atoms. The third-order valence-electron chi connectivity index (χ3n) is 3.38. The summed E-state index contributed by atoms with van der Waals surface area (Å²) in [4.78, 5) is 16.4. The summed E-state index contributed by atoms with van der Waals surface area (Å²) in [5.74, 6) is -0.0481. The van der Waals surface area contributed by atoms with Gasteiger partial charge in [0, 0.05) is 17.8 Å². The Morgan fingerprint density at radius 3 is 2.76 bits per heavy atom. The Kier molecular flexibility index (Phi) is 3.69. The van der Waals surface area contributed by atoms with E-state index >= 15 is 0 Å². The van der Waals surface area contributed by atoms with Gasteiger partial charge in [0.1, 0.15) is 6.33 Å². The number of amides is 1. The number of nitrogens with zero attached hydrogens (tertiary/aromatic N) is 2. The van der Waals surface area contributed by atoms with E-state index in [0.29, 0.717) is 12.1 Å². The number of carbonyl (C=O) groups excluding carboxylic acids is 1. The largest absolute Gasteiger partial charge is 0.352 e. The van der Waals surface area contributed by atoms with Gasteiger partial charge in [-0.1, -0.05) is 25.1 Å². The first-order chi connectivity index (χ1) is 10.3. The highest BCUT2D eigenvalue weighted by molar-refractivity contribution is 5.97. The summed E-state index contributed by atoms with van der Waals surface area (Å²) in [5, 5.41) is 2.88. The standard InChI is InChI=1S/C17H17N3O/c1-2-10-18-17(21)13-8-9-16-15(11-13)19-12-20(16)14-6-4-3-5-7-14/h3-9,11-12H,2,10H2,1H3,(H,18,21). The van der Waals surface area contributed by atoms with Crippen molar-refractivity contribution >= 4 is 16.9 Å². The smallest absolute Gasteiger partial charge is 0.251 e. The number of benzene rings is 2. The Morgan fingerprint density at radius 1 is 1.19 bits per heavy atom. The average Bonchev–Trinajstić information content (AvgIpc) is 2.96. The predicted molar refractivity (Wildman–Crippen MR) is 83.7 cm³/mol. The zero-order valence-electron chi connectivity index (χ0n) is 11.9. The molecule has 1 aromatic heterocycles. The van der Waals surface area contributed by atoms with Gasteiger partial charge in [0.25, 0.3) is 5.91 Å². The zero-order chi connectivity index (χ0) is 14.7. The Bertz CT molecular complexity index is 762. The molecular formula is C17H17N3O. The Morgan fingerprint density at radius 2 is 2.00 bits per heavy atom. The van der Waals surface area contributed by atoms with Gasteiger partial charge in [-0.15, -0.1) is 0 Å². The predicted octanol–water partition coefficient (Wildman–Crippen LogP) is 3.17. The molecule has 0 atom stereocenters. The summed E-state index contributed by atoms with van der Waals surface area (Å²) in [6.07, 6.45) is 2.71. The molecule has 3 aromatic rings. The maximum Gasteiger partial charge on any atom is 0.251 e. The van der Waals surface area contributed by atoms with E-state index in [1.807, 2.05) is 60.0 Å². The minimum atomic E-state index is -0.0481. The first kappa shape index (κ1) is 13.4. The van der Waals surface area contributed by atoms with Crippen molar-refractivity contribution in [1.29, 1.82) is 0 Å². The van der Waals surface area contributed by atoms with Gasteiger partial charge in [0.2, 0.25) is 0 Å². The van der Waals surface area contributed by atoms with Crippen LogP contribution in [0.4, 0.5) is 0 Å². The van der Waals surface area contributed by atoms with Crippen LogP contribution in [-0.2, 0) is 0 Å². The summed E-state index contributed by atoms with van der Waals surface area (Å²) in [7, 11) is 0. The van der Waals surface area contributed by atoms with Crippen molar-refractivity contribution in [2.75, 3.05) is 6.54 Å². The van der Waals surface area contributed by atoms with Crippen LogP contribution in [0.25, 0.3) is 16.7 Å². The molecule has 0 spiro atoms. The zero-order valence-corrected chi connectivity index (χ0v) is 11.9. The number of hydrogen-bond donors (Lipinski definition) is 1. The number of fused-ring (bicyclic) bond motifs is 1. The molecular weight excluding hydrogens is 262 g/mol. The van der Waals surface area contributed by atoms with Crippen LogP contribution in [-0.4, -0.2) is 22.0 Å². The van der Waals surface area contributed by atoms with Gasteiger partial charge >= 0.3 is 0 Å². The van der Waals surface area contributed by atoms with Crippen LogP contribution in [0.1, 0.15) is 23.7 Å². The van der Waals surface area contributed by atoms with Crippen molar-refractivity contribution < 1.29 is 4.79 Å². The molecule has 4 nitrogen and oxygen atoms in total. The molecule has 1 N–H and O–H groups in total. The van der Waals surface area contributed by atoms with Crippen LogP contribution in [0.3, 0.4) is 0 Å². The van der Waals surface area contributed by atoms with E-state index in [2.05, 4.69) is 10.3 Å². The molecule has 0 aliphatic rings. The van der Waals surface area contributed by atoms with Crippen LogP contribution in [0, 0.1) is 0 Å². The van der Waals surface area contributed by atoms with Crippen molar-refractivity contribution in [3.8, 4) is 5.69 Å². The summed E-state index contributed by atoms with van der Waals surface area (Å²) in [6.45, 7) is 2.72. The second-order valence-electron chi connectivity index (χ2n) is 4.91. The highest BCUT2D eigenvalue weighted by atomic mass is 16.1. The van der Waals surface area contributed by atoms with Crippen LogP contribution < -0.4 is 5.32 Å². The fraction of sp³-hybridized carbons (Fsp3) is 0.176. The number of hydrogen-bond acceptors (Lipinski definition) is 2. The second kappa shape index (κ2) is 5.79. The lowest BCUT2D eigenvalue weighted by molar-refractivity contribution is 0.0954. The summed E-state index contributed by atoms with van der Waals surface area (Å²) in [6, 6.07) is 15.6. The number of para-hydroxylation sites is 1. The van der Waals surface area contributed by atoms with Crippen LogP contribution >= 0.6 is 0 Å². The van der Waals surface area contributed by atoms with Gasteiger partial charge in [-0.05, 0) is 36.8 Å². The molecule has 0 aliphatic heterocycles. The van der Waals surface area contributed by atoms with Crippen LogP contribution in [0.2, 0.25) is 0 Å². The second-order valence-corrected chi connectivity index (χ2v) is 4.91. The maximum atomic E-state index is 12.0. The minimum absolute atomic E-state index is 0.0481. The van der Waals surface area contributed by atoms with E-state index in [1.54, 1.807) is 6.33 Å². The number of aromatic nitrogens is 2. The lowest BCUT2D eigenvalue weighted by atomic mass is 10.2. The first-order valence-electron chi connectivity index (χ1n) is 7.10. The van der Waals surface area contributed by atoms with Gasteiger partial charge in [-0.2, -0.15) is 0 Å². The lowest BCUT2D eigenvalue weighted by Crippen LogP contribution is -2.23. The molecule has 4 heteroatoms. The topological polar surface area (TPSA) is 46.9 Å². The van der Waals surface area contributed by atoms with Gasteiger partial charge < -0.3 is 5.32 Å². The van der Waals surface area contributed by atoms with Crippen molar-refractivity contribution in [3.63, 3.8) is 0 Å². The SMILES string of the molecule is CCCNC(=O)c1ccc2c(c1)ncn2-c1ccccc1. The normalized spacial score (nSPS) is 10.7. The molecule has 106 valence electrons. The van der Waals surface area contributed by atoms with Gasteiger partial charge in [0.15, 0.2) is 0 Å². The molecule has 0 saturated heterocycles. The van der Waals surface area contributed by atoms with E-state index < -0.39 is 0 Å². The number of carbonyl (C=O) groups is 1. The molecule has 0 aliphatic carbocycles. The molecule has 0 fully saturated rings. The molecule has 0 radical (unpaired) electrons. The van der Waals surface area contributed by atoms with Crippen LogP contribution in [0.15, 0.2) is 54.9 Å². The number of nitrogens with one attached hydrogen (secondary N) is 1. The number of imidazole rings is 1. The van der Waals surface area contributed by atoms with Gasteiger partial charge in [0.05, 0.1) is 11.0 Å². The van der Waals surface area contributed by atoms with Crippen molar-refractivity contribution in [1.82, 2.24) is 14.9 Å². The van der Waals surface area contributed by atoms with E-state index in [9.17, 15) is 4.79 Å². The Hall–Kier alpha value is -2.62. The minimum Gasteiger partial charge on any atom is -0.352 e. The molecule has 2 aromatic carbocycles. The third kappa shape index (κ3) is 2.65. The van der Waals surface area contributed by atoms with Gasteiger partial charge in [-0.3, -0.25) is 9.36 Å². The highest BCUT2D eigenvalue weighted by Gasteiger charge is 2.09. The Balaban J connectivity index is 1.96. The van der Waals surface area contributed by atoms with Crippen molar-refractivity contribution in [2.24, 2.45) is 0 Å². The third-order valence-corrected chi connectivity index (χ3v) is 3.38. The summed E-state index contributed by atoms with van der Waals surface area (Å²) >= 11 is 0. The van der Waals surface area contributed by atoms with Gasteiger partial charge in [-0.25, -0.2) is 4.98 Å². The first-order valence-corrected chi connectivity index (χ1v) is 7.10. The van der Waals surface area contributed by atoms with E-state index in [4.69, 9.17) is 0 Å². The summed E-state index contributed by atoms with van der Waals surface area (Å²) < 4.78 is 2.02. The van der Waals surface area contributed by atoms with Crippen molar-refractivity contribution in [3.05, 3.63) is 60.4 Å². The highest BCUT2D eigenvalue weighted by Crippen LogP contribution is 2.19. The lowest BCUT2D eigenvalue weighted by Gasteiger charge is -2.05. The Labute approximate surface area is 123 Å². The molecule has 0 saturated carbocycles. The molecule has 21 heavy (non-hydrogen) atoms. The molecule has 1 amide bonds. The monoisotopic (exact) mass is 279 g/mol. The fourth-order valence-corrected chi connectivity index (χ4v) is 2.29. The summed E-state index contributed by atoms with van der Waals surface area (Å²) in [5.41, 5.74) is 3.52. The van der Waals surface area contributed by atoms with E-state index in [-0.39, 0.29) is 5.91 Å². The quantitative estimate of drug-likeness (QED) is 0.797. The van der Waals surface area contributed by atoms with E-state index in [0.717, 1.165) is 23.1 Å². The van der Waals surface area contributed by atoms with Crippen LogP contribution in [0.5, 0.6) is 0 Å². The average molecular weight is 279 g/mol. The van der Waals surface area contributed by atoms with Crippen molar-refractivity contribution in [2.45, 2.75) is 13.3 Å². The fourth-order valence-electron chi connectivity index (χ4n) is 2.29. The maximum absolute atomic E-state index is 12.0. The number of rotatable bonds is 4. The molecule has 1 heterocycles. The van der Waals surface area contributed by atoms with E-state index in [1.165, 1.54) is 0 Å². The molecule has 3 rings (SSSR count).